The lowest BCUT2D eigenvalue weighted by Gasteiger charge is -2.03. The molecule has 0 aliphatic carbocycles. The highest BCUT2D eigenvalue weighted by Crippen LogP contribution is 2.31. The van der Waals surface area contributed by atoms with Crippen molar-refractivity contribution in [3.05, 3.63) is 45.4 Å². The van der Waals surface area contributed by atoms with Crippen LogP contribution < -0.4 is 0 Å². The van der Waals surface area contributed by atoms with Crippen LogP contribution >= 0.6 is 38.6 Å². The number of para-hydroxylation sites is 1. The molecule has 0 amide bonds. The summed E-state index contributed by atoms with van der Waals surface area (Å²) in [5.74, 6) is 0. The highest BCUT2D eigenvalue weighted by molar-refractivity contribution is 9.09. The number of halogens is 1. The lowest BCUT2D eigenvalue weighted by molar-refractivity contribution is 0.902. The van der Waals surface area contributed by atoms with Crippen LogP contribution in [-0.4, -0.2) is 9.97 Å². The van der Waals surface area contributed by atoms with Crippen LogP contribution in [0.25, 0.3) is 10.2 Å². The van der Waals surface area contributed by atoms with Crippen molar-refractivity contribution in [3.8, 4) is 0 Å². The fourth-order valence-electron chi connectivity index (χ4n) is 1.79. The predicted molar refractivity (Wildman–Crippen MR) is 81.8 cm³/mol. The van der Waals surface area contributed by atoms with Crippen LogP contribution in [0.5, 0.6) is 0 Å². The summed E-state index contributed by atoms with van der Waals surface area (Å²) in [4.78, 5) is 9.41. The number of alkyl halides is 1. The monoisotopic (exact) mass is 338 g/mol. The summed E-state index contributed by atoms with van der Waals surface area (Å²) >= 11 is 7.16. The second kappa shape index (κ2) is 5.07. The number of benzene rings is 1. The van der Waals surface area contributed by atoms with Crippen LogP contribution in [0.4, 0.5) is 0 Å². The average molecular weight is 339 g/mol. The molecular weight excluding hydrogens is 328 g/mol. The van der Waals surface area contributed by atoms with Crippen LogP contribution in [0.3, 0.4) is 0 Å². The van der Waals surface area contributed by atoms with Gasteiger partial charge in [0.1, 0.15) is 0 Å². The van der Waals surface area contributed by atoms with E-state index in [1.54, 1.807) is 22.7 Å². The van der Waals surface area contributed by atoms with Crippen molar-refractivity contribution in [1.29, 1.82) is 0 Å². The quantitative estimate of drug-likeness (QED) is 0.644. The predicted octanol–water partition coefficient (Wildman–Crippen LogP) is 4.74. The number of nitrogens with zero attached hydrogens (tertiary/aromatic N) is 2. The number of thiazole rings is 2. The number of aromatic nitrogens is 2. The lowest BCUT2D eigenvalue weighted by atomic mass is 10.2. The maximum Gasteiger partial charge on any atom is 0.0953 e. The van der Waals surface area contributed by atoms with Gasteiger partial charge in [0.15, 0.2) is 0 Å². The Bertz CT molecular complexity index is 641. The van der Waals surface area contributed by atoms with Gasteiger partial charge in [0.25, 0.3) is 0 Å². The highest BCUT2D eigenvalue weighted by atomic mass is 79.9. The summed E-state index contributed by atoms with van der Waals surface area (Å²) in [5.41, 5.74) is 2.20. The number of hydrogen-bond donors (Lipinski definition) is 0. The molecule has 0 radical (unpaired) electrons. The van der Waals surface area contributed by atoms with E-state index in [0.717, 1.165) is 27.6 Å². The Kier molecular flexibility index (Phi) is 3.46. The molecule has 5 heteroatoms. The first-order valence-corrected chi connectivity index (χ1v) is 8.24. The molecule has 0 spiro atoms. The first kappa shape index (κ1) is 12.3. The van der Waals surface area contributed by atoms with Crippen molar-refractivity contribution in [1.82, 2.24) is 9.97 Å². The molecule has 0 aliphatic rings. The zero-order chi connectivity index (χ0) is 12.5. The van der Waals surface area contributed by atoms with Crippen LogP contribution in [0.2, 0.25) is 0 Å². The topological polar surface area (TPSA) is 25.8 Å². The third kappa shape index (κ3) is 2.48. The van der Waals surface area contributed by atoms with Gasteiger partial charge in [-0.3, -0.25) is 0 Å². The van der Waals surface area contributed by atoms with Crippen molar-refractivity contribution in [2.45, 2.75) is 18.2 Å². The second-order valence-corrected chi connectivity index (χ2v) is 7.32. The molecule has 0 N–H and O–H groups in total. The summed E-state index contributed by atoms with van der Waals surface area (Å²) < 4.78 is 1.25. The molecule has 0 saturated heterocycles. The van der Waals surface area contributed by atoms with E-state index in [0.29, 0.717) is 0 Å². The van der Waals surface area contributed by atoms with Gasteiger partial charge in [0.2, 0.25) is 0 Å². The molecule has 0 saturated carbocycles. The van der Waals surface area contributed by atoms with E-state index in [-0.39, 0.29) is 4.83 Å². The number of rotatable bonds is 3. The minimum atomic E-state index is 0.253. The summed E-state index contributed by atoms with van der Waals surface area (Å²) in [6.07, 6.45) is 0.891. The first-order chi connectivity index (χ1) is 8.72. The van der Waals surface area contributed by atoms with Crippen molar-refractivity contribution < 1.29 is 0 Å². The van der Waals surface area contributed by atoms with E-state index in [9.17, 15) is 0 Å². The molecule has 0 fully saturated rings. The summed E-state index contributed by atoms with van der Waals surface area (Å²) in [6.45, 7) is 2.03. The summed E-state index contributed by atoms with van der Waals surface area (Å²) in [6, 6.07) is 8.26. The Morgan fingerprint density at radius 3 is 2.83 bits per heavy atom. The Morgan fingerprint density at radius 2 is 2.11 bits per heavy atom. The van der Waals surface area contributed by atoms with Gasteiger partial charge in [-0.05, 0) is 19.1 Å². The van der Waals surface area contributed by atoms with Gasteiger partial charge >= 0.3 is 0 Å². The number of fused-ring (bicyclic) bond motifs is 1. The van der Waals surface area contributed by atoms with Gasteiger partial charge in [-0.1, -0.05) is 28.1 Å². The zero-order valence-electron chi connectivity index (χ0n) is 9.76. The molecular formula is C13H11BrN2S2. The molecule has 18 heavy (non-hydrogen) atoms. The largest absolute Gasteiger partial charge is 0.245 e. The maximum atomic E-state index is 4.65. The Hall–Kier alpha value is -0.780. The molecule has 0 aliphatic heterocycles. The maximum absolute atomic E-state index is 4.65. The summed E-state index contributed by atoms with van der Waals surface area (Å²) in [5, 5.41) is 4.38. The second-order valence-electron chi connectivity index (χ2n) is 4.04. The van der Waals surface area contributed by atoms with Crippen molar-refractivity contribution >= 4 is 48.8 Å². The minimum Gasteiger partial charge on any atom is -0.245 e. The molecule has 2 heterocycles. The van der Waals surface area contributed by atoms with E-state index in [1.165, 1.54) is 4.70 Å². The van der Waals surface area contributed by atoms with Crippen molar-refractivity contribution in [2.24, 2.45) is 0 Å². The minimum absolute atomic E-state index is 0.253. The van der Waals surface area contributed by atoms with E-state index in [2.05, 4.69) is 49.5 Å². The molecule has 3 aromatic rings. The highest BCUT2D eigenvalue weighted by Gasteiger charge is 2.14. The van der Waals surface area contributed by atoms with Crippen LogP contribution in [-0.2, 0) is 6.42 Å². The molecule has 0 bridgehead atoms. The molecule has 1 unspecified atom stereocenters. The van der Waals surface area contributed by atoms with Crippen molar-refractivity contribution in [2.75, 3.05) is 0 Å². The molecule has 2 aromatic heterocycles. The van der Waals surface area contributed by atoms with Crippen LogP contribution in [0.15, 0.2) is 29.6 Å². The number of aryl methyl sites for hydroxylation is 1. The molecule has 92 valence electrons. The van der Waals surface area contributed by atoms with Gasteiger partial charge in [0.05, 0.1) is 30.8 Å². The third-order valence-electron chi connectivity index (χ3n) is 2.65. The van der Waals surface area contributed by atoms with Crippen molar-refractivity contribution in [3.63, 3.8) is 0 Å². The lowest BCUT2D eigenvalue weighted by Crippen LogP contribution is -1.95. The van der Waals surface area contributed by atoms with Gasteiger partial charge in [0, 0.05) is 11.8 Å². The standard InChI is InChI=1S/C13H11BrN2S2/c1-8-15-11(7-17-8)9(14)6-13-16-10-4-2-3-5-12(10)18-13/h2-5,7,9H,6H2,1H3. The van der Waals surface area contributed by atoms with Crippen LogP contribution in [0, 0.1) is 6.92 Å². The van der Waals surface area contributed by atoms with Gasteiger partial charge in [-0.2, -0.15) is 0 Å². The molecule has 1 aromatic carbocycles. The third-order valence-corrected chi connectivity index (χ3v) is 5.29. The Morgan fingerprint density at radius 1 is 1.28 bits per heavy atom. The molecule has 3 rings (SSSR count). The average Bonchev–Trinajstić information content (AvgIpc) is 2.94. The fourth-order valence-corrected chi connectivity index (χ4v) is 4.40. The van der Waals surface area contributed by atoms with Gasteiger partial charge < -0.3 is 0 Å². The number of hydrogen-bond acceptors (Lipinski definition) is 4. The van der Waals surface area contributed by atoms with Gasteiger partial charge in [-0.15, -0.1) is 22.7 Å². The fraction of sp³-hybridized carbons (Fsp3) is 0.231. The summed E-state index contributed by atoms with van der Waals surface area (Å²) in [7, 11) is 0. The van der Waals surface area contributed by atoms with Gasteiger partial charge in [-0.25, -0.2) is 9.97 Å². The first-order valence-electron chi connectivity index (χ1n) is 5.63. The van der Waals surface area contributed by atoms with E-state index in [4.69, 9.17) is 0 Å². The SMILES string of the molecule is Cc1nc(C(Br)Cc2nc3ccccc3s2)cs1. The van der Waals surface area contributed by atoms with E-state index in [1.807, 2.05) is 13.0 Å². The van der Waals surface area contributed by atoms with Crippen LogP contribution in [0.1, 0.15) is 20.5 Å². The van der Waals surface area contributed by atoms with E-state index >= 15 is 0 Å². The smallest absolute Gasteiger partial charge is 0.0953 e. The normalized spacial score (nSPS) is 13.0. The zero-order valence-corrected chi connectivity index (χ0v) is 13.0. The Balaban J connectivity index is 1.83. The Labute approximate surface area is 122 Å². The molecule has 1 atom stereocenters. The molecule has 2 nitrogen and oxygen atoms in total. The van der Waals surface area contributed by atoms with E-state index < -0.39 is 0 Å².